The fourth-order valence-corrected chi connectivity index (χ4v) is 4.62. The molecule has 2 aromatic rings. The molecular weight excluding hydrogens is 340 g/mol. The van der Waals surface area contributed by atoms with Crippen LogP contribution in [0, 0.1) is 0 Å². The predicted octanol–water partition coefficient (Wildman–Crippen LogP) is 3.39. The van der Waals surface area contributed by atoms with E-state index in [9.17, 15) is 14.7 Å². The maximum atomic E-state index is 12.7. The summed E-state index contributed by atoms with van der Waals surface area (Å²) in [5, 5.41) is 11.1. The highest BCUT2D eigenvalue weighted by molar-refractivity contribution is 6.21. The van der Waals surface area contributed by atoms with Crippen molar-refractivity contribution in [3.05, 3.63) is 65.2 Å². The molecule has 0 saturated carbocycles. The number of hydrogen-bond donors (Lipinski definition) is 1. The number of carbonyl (C=O) groups excluding carboxylic acids is 2. The van der Waals surface area contributed by atoms with Crippen molar-refractivity contribution >= 4 is 17.5 Å². The van der Waals surface area contributed by atoms with Crippen LogP contribution >= 0.6 is 0 Å². The first-order valence-corrected chi connectivity index (χ1v) is 9.33. The van der Waals surface area contributed by atoms with Crippen molar-refractivity contribution in [2.45, 2.75) is 44.9 Å². The number of β-amino-alcohol motifs (C(OH)–C–C–N with tert-alkyl or cyclic N) is 1. The van der Waals surface area contributed by atoms with E-state index in [0.717, 1.165) is 17.0 Å². The van der Waals surface area contributed by atoms with E-state index in [-0.39, 0.29) is 23.9 Å². The Morgan fingerprint density at radius 2 is 1.59 bits per heavy atom. The van der Waals surface area contributed by atoms with E-state index in [4.69, 9.17) is 0 Å². The average Bonchev–Trinajstić information content (AvgIpc) is 2.86. The number of anilines is 1. The van der Waals surface area contributed by atoms with Gasteiger partial charge in [-0.2, -0.15) is 0 Å². The van der Waals surface area contributed by atoms with Gasteiger partial charge in [0.25, 0.3) is 11.8 Å². The molecule has 5 heteroatoms. The van der Waals surface area contributed by atoms with E-state index in [1.807, 2.05) is 23.1 Å². The number of rotatable bonds is 3. The van der Waals surface area contributed by atoms with Gasteiger partial charge < -0.3 is 10.0 Å². The van der Waals surface area contributed by atoms with Gasteiger partial charge in [0.1, 0.15) is 6.23 Å². The molecule has 4 rings (SSSR count). The third-order valence-electron chi connectivity index (χ3n) is 5.71. The molecule has 2 unspecified atom stereocenters. The van der Waals surface area contributed by atoms with Gasteiger partial charge in [-0.05, 0) is 49.9 Å². The number of carbonyl (C=O) groups is 2. The van der Waals surface area contributed by atoms with Gasteiger partial charge in [0.2, 0.25) is 0 Å². The molecule has 0 radical (unpaired) electrons. The van der Waals surface area contributed by atoms with E-state index in [2.05, 4.69) is 26.8 Å². The van der Waals surface area contributed by atoms with Gasteiger partial charge in [0.05, 0.1) is 17.7 Å². The molecule has 0 bridgehead atoms. The molecule has 0 aromatic heterocycles. The summed E-state index contributed by atoms with van der Waals surface area (Å²) in [5.74, 6) is -0.309. The number of fused-ring (bicyclic) bond motifs is 2. The summed E-state index contributed by atoms with van der Waals surface area (Å²) >= 11 is 0. The van der Waals surface area contributed by atoms with Gasteiger partial charge in [0, 0.05) is 11.2 Å². The Morgan fingerprint density at radius 3 is 2.22 bits per heavy atom. The van der Waals surface area contributed by atoms with Gasteiger partial charge in [-0.3, -0.25) is 14.5 Å². The normalized spacial score (nSPS) is 21.9. The zero-order chi connectivity index (χ0) is 19.3. The molecule has 2 amide bonds. The Bertz CT molecular complexity index is 886. The van der Waals surface area contributed by atoms with Crippen molar-refractivity contribution < 1.29 is 14.7 Å². The number of aliphatic hydroxyl groups excluding tert-OH is 1. The van der Waals surface area contributed by atoms with Crippen LogP contribution in [0.4, 0.5) is 5.69 Å². The molecule has 1 N–H and O–H groups in total. The third-order valence-corrected chi connectivity index (χ3v) is 5.71. The molecule has 2 aromatic carbocycles. The van der Waals surface area contributed by atoms with Crippen molar-refractivity contribution in [2.75, 3.05) is 11.4 Å². The Kier molecular flexibility index (Phi) is 4.07. The van der Waals surface area contributed by atoms with Crippen molar-refractivity contribution in [1.29, 1.82) is 0 Å². The lowest BCUT2D eigenvalue weighted by Crippen LogP contribution is -2.57. The average molecular weight is 364 g/mol. The fraction of sp³-hybridized carbons (Fsp3) is 0.364. The van der Waals surface area contributed by atoms with Crippen molar-refractivity contribution in [3.8, 4) is 0 Å². The lowest BCUT2D eigenvalue weighted by Gasteiger charge is -2.50. The summed E-state index contributed by atoms with van der Waals surface area (Å²) in [6.07, 6.45) is -0.0979. The third kappa shape index (κ3) is 2.73. The molecule has 0 aliphatic carbocycles. The zero-order valence-electron chi connectivity index (χ0n) is 15.8. The number of aliphatic hydroxyl groups is 1. The van der Waals surface area contributed by atoms with Crippen LogP contribution in [0.15, 0.2) is 48.5 Å². The topological polar surface area (TPSA) is 60.9 Å². The monoisotopic (exact) mass is 364 g/mol. The minimum absolute atomic E-state index is 0.0571. The summed E-state index contributed by atoms with van der Waals surface area (Å²) in [7, 11) is 0. The van der Waals surface area contributed by atoms with Crippen molar-refractivity contribution in [2.24, 2.45) is 0 Å². The van der Waals surface area contributed by atoms with E-state index in [1.54, 1.807) is 24.3 Å². The van der Waals surface area contributed by atoms with E-state index < -0.39 is 6.23 Å². The first kappa shape index (κ1) is 17.7. The molecule has 2 aliphatic heterocycles. The molecule has 140 valence electrons. The van der Waals surface area contributed by atoms with Gasteiger partial charge in [-0.25, -0.2) is 0 Å². The second-order valence-electron chi connectivity index (χ2n) is 8.09. The van der Waals surface area contributed by atoms with Crippen LogP contribution in [0.1, 0.15) is 59.4 Å². The smallest absolute Gasteiger partial charge is 0.261 e. The zero-order valence-corrected chi connectivity index (χ0v) is 15.8. The molecule has 0 spiro atoms. The molecule has 5 nitrogen and oxygen atoms in total. The Labute approximate surface area is 159 Å². The van der Waals surface area contributed by atoms with Gasteiger partial charge in [-0.1, -0.05) is 37.3 Å². The molecular formula is C22H24N2O3. The van der Waals surface area contributed by atoms with Crippen LogP contribution in [0.25, 0.3) is 0 Å². The fourth-order valence-electron chi connectivity index (χ4n) is 4.62. The highest BCUT2D eigenvalue weighted by Gasteiger charge is 2.42. The Hall–Kier alpha value is -2.66. The number of para-hydroxylation sites is 1. The van der Waals surface area contributed by atoms with Crippen molar-refractivity contribution in [1.82, 2.24) is 4.90 Å². The second-order valence-corrected chi connectivity index (χ2v) is 8.09. The molecule has 27 heavy (non-hydrogen) atoms. The molecule has 0 fully saturated rings. The lowest BCUT2D eigenvalue weighted by atomic mass is 9.80. The first-order valence-electron chi connectivity index (χ1n) is 9.33. The van der Waals surface area contributed by atoms with Crippen LogP contribution in [0.2, 0.25) is 0 Å². The summed E-state index contributed by atoms with van der Waals surface area (Å²) < 4.78 is 0. The van der Waals surface area contributed by atoms with Crippen LogP contribution in [0.5, 0.6) is 0 Å². The molecule has 2 aliphatic rings. The van der Waals surface area contributed by atoms with Crippen LogP contribution < -0.4 is 4.90 Å². The van der Waals surface area contributed by atoms with E-state index in [1.165, 1.54) is 5.56 Å². The number of benzene rings is 2. The van der Waals surface area contributed by atoms with Crippen LogP contribution in [-0.4, -0.2) is 40.1 Å². The Balaban J connectivity index is 1.65. The summed E-state index contributed by atoms with van der Waals surface area (Å²) in [6.45, 7) is 6.31. The maximum absolute atomic E-state index is 12.7. The minimum atomic E-state index is -0.976. The van der Waals surface area contributed by atoms with Crippen LogP contribution in [0.3, 0.4) is 0 Å². The minimum Gasteiger partial charge on any atom is -0.372 e. The van der Waals surface area contributed by atoms with Crippen LogP contribution in [-0.2, 0) is 0 Å². The SMILES string of the molecule is CC1CC(C)(C)N(C(O)CN2C(=O)c3ccccc3C2=O)c2ccccc21. The Morgan fingerprint density at radius 1 is 1.04 bits per heavy atom. The number of hydrogen-bond acceptors (Lipinski definition) is 4. The summed E-state index contributed by atoms with van der Waals surface area (Å²) in [6, 6.07) is 14.8. The lowest BCUT2D eigenvalue weighted by molar-refractivity contribution is 0.0499. The quantitative estimate of drug-likeness (QED) is 0.848. The van der Waals surface area contributed by atoms with Gasteiger partial charge in [0.15, 0.2) is 0 Å². The van der Waals surface area contributed by atoms with Gasteiger partial charge in [-0.15, -0.1) is 0 Å². The predicted molar refractivity (Wildman–Crippen MR) is 104 cm³/mol. The molecule has 2 heterocycles. The van der Waals surface area contributed by atoms with Gasteiger partial charge >= 0.3 is 0 Å². The number of nitrogens with zero attached hydrogens (tertiary/aromatic N) is 2. The maximum Gasteiger partial charge on any atom is 0.261 e. The van der Waals surface area contributed by atoms with E-state index in [0.29, 0.717) is 17.0 Å². The standard InChI is InChI=1S/C22H24N2O3/c1-14-12-22(2,3)24(18-11-7-6-8-15(14)18)19(25)13-23-20(26)16-9-4-5-10-17(16)21(23)27/h4-11,14,19,25H,12-13H2,1-3H3. The van der Waals surface area contributed by atoms with Crippen molar-refractivity contribution in [3.63, 3.8) is 0 Å². The highest BCUT2D eigenvalue weighted by atomic mass is 16.3. The largest absolute Gasteiger partial charge is 0.372 e. The first-order chi connectivity index (χ1) is 12.8. The molecule has 2 atom stereocenters. The number of amides is 2. The summed E-state index contributed by atoms with van der Waals surface area (Å²) in [4.78, 5) is 28.4. The summed E-state index contributed by atoms with van der Waals surface area (Å²) in [5.41, 5.74) is 2.65. The van der Waals surface area contributed by atoms with E-state index >= 15 is 0 Å². The second kappa shape index (κ2) is 6.20. The number of imide groups is 1. The highest BCUT2D eigenvalue weighted by Crippen LogP contribution is 2.44. The molecule has 0 saturated heterocycles.